The minimum absolute atomic E-state index is 0.0291. The third-order valence-electron chi connectivity index (χ3n) is 4.71. The highest BCUT2D eigenvalue weighted by Gasteiger charge is 2.37. The number of halogens is 4. The van der Waals surface area contributed by atoms with Crippen LogP contribution < -0.4 is 10.2 Å². The summed E-state index contributed by atoms with van der Waals surface area (Å²) in [5.74, 6) is -1.42. The maximum absolute atomic E-state index is 13.0. The van der Waals surface area contributed by atoms with Crippen LogP contribution in [-0.2, 0) is 25.5 Å². The standard InChI is InChI=1S/C19H17ClF3NO6S/c20-16-6-3-13(10-15(16)19(21,22)23)30-12-1-4-14(5-2-12)31(27,28)17-9-11(7-8-29-17)18(25)24-26/h1-6,10-11,17,26H,7-9H2,(H,24,25). The largest absolute Gasteiger partial charge is 0.457 e. The maximum atomic E-state index is 13.0. The molecule has 7 nitrogen and oxygen atoms in total. The van der Waals surface area contributed by atoms with E-state index in [1.54, 1.807) is 0 Å². The summed E-state index contributed by atoms with van der Waals surface area (Å²) >= 11 is 5.57. The average molecular weight is 480 g/mol. The van der Waals surface area contributed by atoms with Crippen LogP contribution in [0.5, 0.6) is 11.5 Å². The number of carbonyl (C=O) groups excluding carboxylic acids is 1. The molecule has 12 heteroatoms. The molecule has 0 aromatic heterocycles. The van der Waals surface area contributed by atoms with E-state index in [0.29, 0.717) is 0 Å². The molecule has 0 aliphatic carbocycles. The lowest BCUT2D eigenvalue weighted by Gasteiger charge is -2.28. The molecule has 2 aromatic carbocycles. The van der Waals surface area contributed by atoms with Crippen LogP contribution >= 0.6 is 11.6 Å². The molecule has 0 saturated carbocycles. The number of benzene rings is 2. The number of ether oxygens (including phenoxy) is 2. The molecular formula is C19H17ClF3NO6S. The van der Waals surface area contributed by atoms with Gasteiger partial charge in [-0.2, -0.15) is 13.2 Å². The van der Waals surface area contributed by atoms with Crippen molar-refractivity contribution in [1.82, 2.24) is 5.48 Å². The van der Waals surface area contributed by atoms with Crippen LogP contribution in [0.4, 0.5) is 13.2 Å². The number of amides is 1. The second kappa shape index (κ2) is 9.03. The van der Waals surface area contributed by atoms with Gasteiger partial charge in [-0.3, -0.25) is 10.0 Å². The lowest BCUT2D eigenvalue weighted by atomic mass is 10.00. The fourth-order valence-electron chi connectivity index (χ4n) is 3.08. The highest BCUT2D eigenvalue weighted by molar-refractivity contribution is 7.91. The SMILES string of the molecule is O=C(NO)C1CCOC(S(=O)(=O)c2ccc(Oc3ccc(Cl)c(C(F)(F)F)c3)cc2)C1. The first-order chi connectivity index (χ1) is 14.5. The summed E-state index contributed by atoms with van der Waals surface area (Å²) in [6.07, 6.45) is -4.51. The zero-order valence-electron chi connectivity index (χ0n) is 15.7. The molecule has 31 heavy (non-hydrogen) atoms. The molecule has 2 N–H and O–H groups in total. The summed E-state index contributed by atoms with van der Waals surface area (Å²) in [6.45, 7) is 0.0291. The van der Waals surface area contributed by atoms with Crippen molar-refractivity contribution >= 4 is 27.3 Å². The zero-order chi connectivity index (χ0) is 22.8. The number of alkyl halides is 3. The Morgan fingerprint density at radius 3 is 2.42 bits per heavy atom. The molecule has 2 unspecified atom stereocenters. The van der Waals surface area contributed by atoms with Crippen molar-refractivity contribution in [2.24, 2.45) is 5.92 Å². The fraction of sp³-hybridized carbons (Fsp3) is 0.316. The van der Waals surface area contributed by atoms with Gasteiger partial charge in [0.25, 0.3) is 0 Å². The van der Waals surface area contributed by atoms with Crippen LogP contribution in [0.1, 0.15) is 18.4 Å². The van der Waals surface area contributed by atoms with Gasteiger partial charge in [-0.05, 0) is 48.9 Å². The van der Waals surface area contributed by atoms with E-state index in [9.17, 15) is 26.4 Å². The molecule has 0 spiro atoms. The van der Waals surface area contributed by atoms with Gasteiger partial charge in [0.05, 0.1) is 15.5 Å². The second-order valence-electron chi connectivity index (χ2n) is 6.76. The molecule has 1 amide bonds. The predicted molar refractivity (Wildman–Crippen MR) is 103 cm³/mol. The van der Waals surface area contributed by atoms with Crippen LogP contribution in [0, 0.1) is 5.92 Å². The molecule has 168 valence electrons. The molecule has 3 rings (SSSR count). The molecule has 1 fully saturated rings. The molecular weight excluding hydrogens is 463 g/mol. The Hall–Kier alpha value is -2.34. The van der Waals surface area contributed by atoms with Crippen LogP contribution in [-0.4, -0.2) is 31.6 Å². The van der Waals surface area contributed by atoms with Gasteiger partial charge in [-0.25, -0.2) is 13.9 Å². The lowest BCUT2D eigenvalue weighted by molar-refractivity contribution is -0.138. The molecule has 1 aliphatic rings. The Morgan fingerprint density at radius 2 is 1.81 bits per heavy atom. The predicted octanol–water partition coefficient (Wildman–Crippen LogP) is 4.18. The van der Waals surface area contributed by atoms with Gasteiger partial charge in [-0.1, -0.05) is 11.6 Å². The Morgan fingerprint density at radius 1 is 1.16 bits per heavy atom. The maximum Gasteiger partial charge on any atom is 0.417 e. The summed E-state index contributed by atoms with van der Waals surface area (Å²) in [7, 11) is -3.96. The molecule has 1 saturated heterocycles. The summed E-state index contributed by atoms with van der Waals surface area (Å²) < 4.78 is 75.2. The normalized spacial score (nSPS) is 19.6. The molecule has 2 atom stereocenters. The third-order valence-corrected chi connectivity index (χ3v) is 6.98. The Kier molecular flexibility index (Phi) is 6.79. The monoisotopic (exact) mass is 479 g/mol. The van der Waals surface area contributed by atoms with E-state index >= 15 is 0 Å². The number of carbonyl (C=O) groups is 1. The van der Waals surface area contributed by atoms with E-state index in [1.807, 2.05) is 0 Å². The number of nitrogens with one attached hydrogen (secondary N) is 1. The van der Waals surface area contributed by atoms with Crippen molar-refractivity contribution in [2.45, 2.75) is 29.3 Å². The van der Waals surface area contributed by atoms with Gasteiger partial charge >= 0.3 is 6.18 Å². The molecule has 1 heterocycles. The first-order valence-electron chi connectivity index (χ1n) is 8.96. The molecule has 0 radical (unpaired) electrons. The van der Waals surface area contributed by atoms with E-state index in [4.69, 9.17) is 26.3 Å². The third kappa shape index (κ3) is 5.29. The summed E-state index contributed by atoms with van der Waals surface area (Å²) in [5.41, 5.74) is -0.822. The zero-order valence-corrected chi connectivity index (χ0v) is 17.3. The van der Waals surface area contributed by atoms with Crippen LogP contribution in [0.25, 0.3) is 0 Å². The van der Waals surface area contributed by atoms with Crippen LogP contribution in [0.2, 0.25) is 5.02 Å². The van der Waals surface area contributed by atoms with E-state index < -0.39 is 43.9 Å². The highest BCUT2D eigenvalue weighted by atomic mass is 35.5. The Labute approximate surface area is 180 Å². The molecule has 0 bridgehead atoms. The number of hydrogen-bond acceptors (Lipinski definition) is 6. The molecule has 1 aliphatic heterocycles. The van der Waals surface area contributed by atoms with Crippen molar-refractivity contribution in [2.75, 3.05) is 6.61 Å². The number of rotatable bonds is 5. The quantitative estimate of drug-likeness (QED) is 0.492. The van der Waals surface area contributed by atoms with Gasteiger partial charge in [0.1, 0.15) is 11.5 Å². The van der Waals surface area contributed by atoms with Gasteiger partial charge in [-0.15, -0.1) is 0 Å². The minimum atomic E-state index is -4.65. The van der Waals surface area contributed by atoms with Gasteiger partial charge in [0.15, 0.2) is 5.44 Å². The van der Waals surface area contributed by atoms with E-state index in [2.05, 4.69) is 0 Å². The number of hydrogen-bond donors (Lipinski definition) is 2. The summed E-state index contributed by atoms with van der Waals surface area (Å²) in [6, 6.07) is 8.08. The van der Waals surface area contributed by atoms with Crippen molar-refractivity contribution < 1.29 is 41.1 Å². The average Bonchev–Trinajstić information content (AvgIpc) is 2.74. The van der Waals surface area contributed by atoms with E-state index in [0.717, 1.165) is 12.1 Å². The minimum Gasteiger partial charge on any atom is -0.457 e. The van der Waals surface area contributed by atoms with Crippen molar-refractivity contribution in [3.8, 4) is 11.5 Å². The van der Waals surface area contributed by atoms with Crippen molar-refractivity contribution in [3.05, 3.63) is 53.1 Å². The van der Waals surface area contributed by atoms with Crippen molar-refractivity contribution in [3.63, 3.8) is 0 Å². The lowest BCUT2D eigenvalue weighted by Crippen LogP contribution is -2.39. The first-order valence-corrected chi connectivity index (χ1v) is 10.9. The Bertz CT molecular complexity index is 1060. The second-order valence-corrected chi connectivity index (χ2v) is 9.25. The van der Waals surface area contributed by atoms with E-state index in [-0.39, 0.29) is 35.8 Å². The number of hydroxylamine groups is 1. The number of sulfone groups is 1. The van der Waals surface area contributed by atoms with Crippen LogP contribution in [0.3, 0.4) is 0 Å². The van der Waals surface area contributed by atoms with Crippen LogP contribution in [0.15, 0.2) is 47.4 Å². The smallest absolute Gasteiger partial charge is 0.417 e. The first kappa shape index (κ1) is 23.3. The summed E-state index contributed by atoms with van der Waals surface area (Å²) in [4.78, 5) is 11.5. The van der Waals surface area contributed by atoms with Gasteiger partial charge in [0, 0.05) is 18.9 Å². The fourth-order valence-corrected chi connectivity index (χ4v) is 4.88. The molecule has 2 aromatic rings. The van der Waals surface area contributed by atoms with Gasteiger partial charge in [0.2, 0.25) is 15.7 Å². The summed E-state index contributed by atoms with van der Waals surface area (Å²) in [5, 5.41) is 8.28. The van der Waals surface area contributed by atoms with Crippen molar-refractivity contribution in [1.29, 1.82) is 0 Å². The van der Waals surface area contributed by atoms with E-state index in [1.165, 1.54) is 35.8 Å². The van der Waals surface area contributed by atoms with Gasteiger partial charge < -0.3 is 9.47 Å². The highest BCUT2D eigenvalue weighted by Crippen LogP contribution is 2.38. The topological polar surface area (TPSA) is 102 Å². The Balaban J connectivity index is 1.76.